The molecule has 1 aliphatic rings. The number of hydrogen-bond donors (Lipinski definition) is 2. The summed E-state index contributed by atoms with van der Waals surface area (Å²) in [5.41, 5.74) is 2.14. The van der Waals surface area contributed by atoms with Crippen LogP contribution in [0.2, 0.25) is 0 Å². The Labute approximate surface area is 179 Å². The molecule has 0 saturated carbocycles. The second-order valence-electron chi connectivity index (χ2n) is 7.80. The number of para-hydroxylation sites is 1. The number of aromatic amines is 1. The van der Waals surface area contributed by atoms with E-state index >= 15 is 0 Å². The fraction of sp³-hybridized carbons (Fsp3) is 0.304. The lowest BCUT2D eigenvalue weighted by atomic mass is 10.0. The van der Waals surface area contributed by atoms with E-state index in [-0.39, 0.29) is 36.6 Å². The molecular formula is C23H24N4O4. The number of carbonyl (C=O) groups excluding carboxylic acids is 2. The lowest BCUT2D eigenvalue weighted by Crippen LogP contribution is -2.40. The maximum absolute atomic E-state index is 12.9. The first-order chi connectivity index (χ1) is 14.9. The van der Waals surface area contributed by atoms with E-state index in [1.165, 1.54) is 0 Å². The average Bonchev–Trinajstić information content (AvgIpc) is 2.75. The van der Waals surface area contributed by atoms with Gasteiger partial charge in [-0.25, -0.2) is 4.98 Å². The summed E-state index contributed by atoms with van der Waals surface area (Å²) in [4.78, 5) is 45.5. The molecule has 0 saturated heterocycles. The zero-order chi connectivity index (χ0) is 22.0. The second-order valence-corrected chi connectivity index (χ2v) is 7.80. The molecule has 8 heteroatoms. The number of fused-ring (bicyclic) bond motifs is 2. The Kier molecular flexibility index (Phi) is 5.70. The molecule has 2 N–H and O–H groups in total. The molecule has 2 aromatic carbocycles. The molecule has 0 radical (unpaired) electrons. The molecule has 0 fully saturated rings. The van der Waals surface area contributed by atoms with Crippen LogP contribution in [0.4, 0.5) is 5.69 Å². The summed E-state index contributed by atoms with van der Waals surface area (Å²) in [7, 11) is 0. The molecular weight excluding hydrogens is 396 g/mol. The SMILES string of the molecule is CC(C)N(Cc1nc2ccccc2c(=O)[nH]1)C(=O)COc1ccc2c(c1)CCC(=O)N2. The molecule has 0 unspecified atom stereocenters. The van der Waals surface area contributed by atoms with Gasteiger partial charge >= 0.3 is 0 Å². The van der Waals surface area contributed by atoms with Crippen LogP contribution in [0, 0.1) is 0 Å². The van der Waals surface area contributed by atoms with Gasteiger partial charge in [-0.2, -0.15) is 0 Å². The van der Waals surface area contributed by atoms with E-state index in [9.17, 15) is 14.4 Å². The standard InChI is InChI=1S/C23H24N4O4/c1-14(2)27(12-20-24-19-6-4-3-5-17(19)23(30)26-20)22(29)13-31-16-8-9-18-15(11-16)7-10-21(28)25-18/h3-6,8-9,11,14H,7,10,12-13H2,1-2H3,(H,25,28)(H,24,26,30). The van der Waals surface area contributed by atoms with Gasteiger partial charge in [0.15, 0.2) is 6.61 Å². The van der Waals surface area contributed by atoms with Crippen molar-refractivity contribution in [1.29, 1.82) is 0 Å². The minimum atomic E-state index is -0.228. The van der Waals surface area contributed by atoms with Crippen molar-refractivity contribution in [2.45, 2.75) is 39.3 Å². The van der Waals surface area contributed by atoms with Gasteiger partial charge in [-0.3, -0.25) is 14.4 Å². The van der Waals surface area contributed by atoms with E-state index in [1.807, 2.05) is 26.0 Å². The lowest BCUT2D eigenvalue weighted by molar-refractivity contribution is -0.135. The predicted molar refractivity (Wildman–Crippen MR) is 117 cm³/mol. The number of amides is 2. The number of H-pyrrole nitrogens is 1. The Morgan fingerprint density at radius 1 is 1.16 bits per heavy atom. The van der Waals surface area contributed by atoms with Crippen LogP contribution in [-0.2, 0) is 22.6 Å². The summed E-state index contributed by atoms with van der Waals surface area (Å²) < 4.78 is 5.73. The predicted octanol–water partition coefficient (Wildman–Crippen LogP) is 2.62. The van der Waals surface area contributed by atoms with Gasteiger partial charge in [0, 0.05) is 18.2 Å². The van der Waals surface area contributed by atoms with Gasteiger partial charge in [-0.1, -0.05) is 12.1 Å². The van der Waals surface area contributed by atoms with Gasteiger partial charge in [0.2, 0.25) is 5.91 Å². The second kappa shape index (κ2) is 8.59. The summed E-state index contributed by atoms with van der Waals surface area (Å²) in [6.07, 6.45) is 1.08. The lowest BCUT2D eigenvalue weighted by Gasteiger charge is -2.26. The first kappa shape index (κ1) is 20.6. The van der Waals surface area contributed by atoms with Gasteiger partial charge in [-0.05, 0) is 56.2 Å². The van der Waals surface area contributed by atoms with Gasteiger partial charge in [-0.15, -0.1) is 0 Å². The summed E-state index contributed by atoms with van der Waals surface area (Å²) in [5.74, 6) is 0.792. The average molecular weight is 420 g/mol. The molecule has 0 aliphatic carbocycles. The first-order valence-electron chi connectivity index (χ1n) is 10.2. The molecule has 160 valence electrons. The molecule has 31 heavy (non-hydrogen) atoms. The van der Waals surface area contributed by atoms with Crippen LogP contribution in [0.1, 0.15) is 31.7 Å². The smallest absolute Gasteiger partial charge is 0.261 e. The van der Waals surface area contributed by atoms with Crippen LogP contribution in [0.25, 0.3) is 10.9 Å². The van der Waals surface area contributed by atoms with Gasteiger partial charge in [0.25, 0.3) is 11.5 Å². The van der Waals surface area contributed by atoms with Crippen LogP contribution >= 0.6 is 0 Å². The highest BCUT2D eigenvalue weighted by molar-refractivity contribution is 5.94. The molecule has 2 amide bonds. The number of carbonyl (C=O) groups is 2. The molecule has 8 nitrogen and oxygen atoms in total. The Bertz CT molecular complexity index is 1200. The molecule has 2 heterocycles. The summed E-state index contributed by atoms with van der Waals surface area (Å²) in [6.45, 7) is 3.84. The van der Waals surface area contributed by atoms with Gasteiger partial charge in [0.1, 0.15) is 11.6 Å². The molecule has 3 aromatic rings. The number of aryl methyl sites for hydroxylation is 1. The maximum Gasteiger partial charge on any atom is 0.261 e. The van der Waals surface area contributed by atoms with Crippen molar-refractivity contribution in [1.82, 2.24) is 14.9 Å². The maximum atomic E-state index is 12.9. The van der Waals surface area contributed by atoms with E-state index in [1.54, 1.807) is 35.2 Å². The highest BCUT2D eigenvalue weighted by atomic mass is 16.5. The first-order valence-corrected chi connectivity index (χ1v) is 10.2. The van der Waals surface area contributed by atoms with Crippen molar-refractivity contribution in [3.8, 4) is 5.75 Å². The summed E-state index contributed by atoms with van der Waals surface area (Å²) in [6, 6.07) is 12.4. The Morgan fingerprint density at radius 2 is 1.97 bits per heavy atom. The third kappa shape index (κ3) is 4.58. The van der Waals surface area contributed by atoms with Gasteiger partial charge in [0.05, 0.1) is 17.4 Å². The fourth-order valence-electron chi connectivity index (χ4n) is 3.61. The summed E-state index contributed by atoms with van der Waals surface area (Å²) >= 11 is 0. The molecule has 4 rings (SSSR count). The van der Waals surface area contributed by atoms with Crippen molar-refractivity contribution in [3.05, 3.63) is 64.2 Å². The van der Waals surface area contributed by atoms with E-state index in [2.05, 4.69) is 15.3 Å². The molecule has 0 bridgehead atoms. The minimum Gasteiger partial charge on any atom is -0.484 e. The van der Waals surface area contributed by atoms with Crippen LogP contribution in [-0.4, -0.2) is 39.3 Å². The Balaban J connectivity index is 1.46. The number of aromatic nitrogens is 2. The molecule has 0 spiro atoms. The van der Waals surface area contributed by atoms with E-state index in [0.29, 0.717) is 35.3 Å². The fourth-order valence-corrected chi connectivity index (χ4v) is 3.61. The molecule has 1 aliphatic heterocycles. The van der Waals surface area contributed by atoms with Crippen molar-refractivity contribution < 1.29 is 14.3 Å². The number of benzene rings is 2. The van der Waals surface area contributed by atoms with Crippen molar-refractivity contribution in [2.75, 3.05) is 11.9 Å². The van der Waals surface area contributed by atoms with E-state index in [4.69, 9.17) is 4.74 Å². The van der Waals surface area contributed by atoms with Gasteiger partial charge < -0.3 is 19.9 Å². The third-order valence-electron chi connectivity index (χ3n) is 5.26. The number of rotatable bonds is 6. The zero-order valence-electron chi connectivity index (χ0n) is 17.5. The number of nitrogens with one attached hydrogen (secondary N) is 2. The van der Waals surface area contributed by atoms with Crippen LogP contribution in [0.15, 0.2) is 47.3 Å². The largest absolute Gasteiger partial charge is 0.484 e. The van der Waals surface area contributed by atoms with Crippen LogP contribution in [0.5, 0.6) is 5.75 Å². The summed E-state index contributed by atoms with van der Waals surface area (Å²) in [5, 5.41) is 3.34. The van der Waals surface area contributed by atoms with Crippen molar-refractivity contribution >= 4 is 28.4 Å². The van der Waals surface area contributed by atoms with E-state index in [0.717, 1.165) is 11.3 Å². The Morgan fingerprint density at radius 3 is 2.77 bits per heavy atom. The number of nitrogens with zero attached hydrogens (tertiary/aromatic N) is 2. The normalized spacial score (nSPS) is 13.1. The quantitative estimate of drug-likeness (QED) is 0.638. The number of ether oxygens (including phenoxy) is 1. The van der Waals surface area contributed by atoms with Crippen molar-refractivity contribution in [3.63, 3.8) is 0 Å². The highest BCUT2D eigenvalue weighted by Gasteiger charge is 2.20. The van der Waals surface area contributed by atoms with Crippen molar-refractivity contribution in [2.24, 2.45) is 0 Å². The molecule has 1 aromatic heterocycles. The zero-order valence-corrected chi connectivity index (χ0v) is 17.5. The molecule has 0 atom stereocenters. The minimum absolute atomic E-state index is 0.00395. The van der Waals surface area contributed by atoms with Crippen LogP contribution < -0.4 is 15.6 Å². The Hall–Kier alpha value is -3.68. The van der Waals surface area contributed by atoms with E-state index < -0.39 is 0 Å². The number of hydrogen-bond acceptors (Lipinski definition) is 5. The topological polar surface area (TPSA) is 104 Å². The number of anilines is 1. The highest BCUT2D eigenvalue weighted by Crippen LogP contribution is 2.26. The monoisotopic (exact) mass is 420 g/mol. The van der Waals surface area contributed by atoms with Crippen LogP contribution in [0.3, 0.4) is 0 Å². The third-order valence-corrected chi connectivity index (χ3v) is 5.26.